The minimum atomic E-state index is 0.240. The lowest BCUT2D eigenvalue weighted by Gasteiger charge is -2.13. The lowest BCUT2D eigenvalue weighted by atomic mass is 10.1. The highest BCUT2D eigenvalue weighted by Gasteiger charge is 2.08. The second-order valence-corrected chi connectivity index (χ2v) is 2.80. The molecular formula is C9H16N2O. The number of furan rings is 1. The van der Waals surface area contributed by atoms with Crippen molar-refractivity contribution >= 4 is 0 Å². The van der Waals surface area contributed by atoms with Gasteiger partial charge in [0.25, 0.3) is 0 Å². The van der Waals surface area contributed by atoms with Crippen molar-refractivity contribution in [2.45, 2.75) is 19.4 Å². The zero-order valence-corrected chi connectivity index (χ0v) is 7.42. The molecule has 1 atom stereocenters. The molecule has 0 bridgehead atoms. The van der Waals surface area contributed by atoms with Crippen LogP contribution in [0.3, 0.4) is 0 Å². The van der Waals surface area contributed by atoms with Gasteiger partial charge in [0.1, 0.15) is 0 Å². The summed E-state index contributed by atoms with van der Waals surface area (Å²) in [5.74, 6) is 0. The summed E-state index contributed by atoms with van der Waals surface area (Å²) in [6.45, 7) is 3.74. The molecule has 0 saturated carbocycles. The van der Waals surface area contributed by atoms with Crippen molar-refractivity contribution in [3.63, 3.8) is 0 Å². The third kappa shape index (κ3) is 2.36. The number of nitrogens with two attached hydrogens (primary N) is 1. The van der Waals surface area contributed by atoms with Gasteiger partial charge in [0.05, 0.1) is 12.5 Å². The van der Waals surface area contributed by atoms with Crippen LogP contribution in [-0.2, 0) is 0 Å². The number of hydrogen-bond acceptors (Lipinski definition) is 3. The fourth-order valence-corrected chi connectivity index (χ4v) is 1.13. The molecule has 1 unspecified atom stereocenters. The molecule has 0 fully saturated rings. The largest absolute Gasteiger partial charge is 0.472 e. The molecule has 1 rings (SSSR count). The molecule has 1 aromatic rings. The molecule has 0 saturated heterocycles. The zero-order chi connectivity index (χ0) is 8.81. The standard InChI is InChI=1S/C9H16N2O/c1-2-4-11-9(6-10)8-3-5-12-7-8/h3,5,7,9,11H,2,4,6,10H2,1H3. The Labute approximate surface area is 72.9 Å². The predicted octanol–water partition coefficient (Wildman–Crippen LogP) is 1.28. The van der Waals surface area contributed by atoms with Crippen LogP contribution >= 0.6 is 0 Å². The third-order valence-corrected chi connectivity index (χ3v) is 1.82. The van der Waals surface area contributed by atoms with Crippen molar-refractivity contribution in [2.75, 3.05) is 13.1 Å². The van der Waals surface area contributed by atoms with Gasteiger partial charge in [0.15, 0.2) is 0 Å². The third-order valence-electron chi connectivity index (χ3n) is 1.82. The van der Waals surface area contributed by atoms with Gasteiger partial charge in [-0.25, -0.2) is 0 Å². The highest BCUT2D eigenvalue weighted by atomic mass is 16.3. The summed E-state index contributed by atoms with van der Waals surface area (Å²) in [5, 5.41) is 3.34. The lowest BCUT2D eigenvalue weighted by Crippen LogP contribution is -2.28. The van der Waals surface area contributed by atoms with E-state index >= 15 is 0 Å². The molecule has 0 aliphatic carbocycles. The molecule has 0 aliphatic heterocycles. The van der Waals surface area contributed by atoms with E-state index in [1.165, 1.54) is 0 Å². The van der Waals surface area contributed by atoms with Crippen LogP contribution < -0.4 is 11.1 Å². The van der Waals surface area contributed by atoms with E-state index in [1.54, 1.807) is 12.5 Å². The van der Waals surface area contributed by atoms with E-state index in [2.05, 4.69) is 12.2 Å². The first-order valence-corrected chi connectivity index (χ1v) is 4.34. The fourth-order valence-electron chi connectivity index (χ4n) is 1.13. The van der Waals surface area contributed by atoms with Crippen LogP contribution in [-0.4, -0.2) is 13.1 Å². The Morgan fingerprint density at radius 3 is 3.00 bits per heavy atom. The Balaban J connectivity index is 2.45. The monoisotopic (exact) mass is 168 g/mol. The number of hydrogen-bond donors (Lipinski definition) is 2. The van der Waals surface area contributed by atoms with Gasteiger partial charge in [-0.2, -0.15) is 0 Å². The van der Waals surface area contributed by atoms with Crippen LogP contribution in [0.5, 0.6) is 0 Å². The SMILES string of the molecule is CCCNC(CN)c1ccoc1. The molecule has 0 amide bonds. The summed E-state index contributed by atoms with van der Waals surface area (Å²) in [7, 11) is 0. The highest BCUT2D eigenvalue weighted by Crippen LogP contribution is 2.11. The number of nitrogens with one attached hydrogen (secondary N) is 1. The topological polar surface area (TPSA) is 51.2 Å². The van der Waals surface area contributed by atoms with Crippen molar-refractivity contribution in [3.05, 3.63) is 24.2 Å². The van der Waals surface area contributed by atoms with Gasteiger partial charge in [0.2, 0.25) is 0 Å². The van der Waals surface area contributed by atoms with Crippen molar-refractivity contribution in [2.24, 2.45) is 5.73 Å². The van der Waals surface area contributed by atoms with Crippen molar-refractivity contribution in [1.29, 1.82) is 0 Å². The first kappa shape index (κ1) is 9.29. The molecule has 0 spiro atoms. The highest BCUT2D eigenvalue weighted by molar-refractivity contribution is 5.11. The molecule has 3 heteroatoms. The Morgan fingerprint density at radius 2 is 2.50 bits per heavy atom. The molecule has 3 nitrogen and oxygen atoms in total. The average Bonchev–Trinajstić information content (AvgIpc) is 2.59. The molecule has 0 aromatic carbocycles. The van der Waals surface area contributed by atoms with Crippen LogP contribution in [0.1, 0.15) is 24.9 Å². The Bertz CT molecular complexity index is 196. The van der Waals surface area contributed by atoms with Crippen molar-refractivity contribution in [3.8, 4) is 0 Å². The maximum absolute atomic E-state index is 5.60. The molecule has 1 aromatic heterocycles. The van der Waals surface area contributed by atoms with Crippen molar-refractivity contribution in [1.82, 2.24) is 5.32 Å². The quantitative estimate of drug-likeness (QED) is 0.696. The molecule has 68 valence electrons. The summed E-state index contributed by atoms with van der Waals surface area (Å²) >= 11 is 0. The van der Waals surface area contributed by atoms with Gasteiger partial charge in [0, 0.05) is 18.2 Å². The molecule has 0 radical (unpaired) electrons. The van der Waals surface area contributed by atoms with E-state index in [4.69, 9.17) is 10.2 Å². The predicted molar refractivity (Wildman–Crippen MR) is 48.8 cm³/mol. The van der Waals surface area contributed by atoms with E-state index < -0.39 is 0 Å². The summed E-state index contributed by atoms with van der Waals surface area (Å²) in [5.41, 5.74) is 6.73. The fraction of sp³-hybridized carbons (Fsp3) is 0.556. The molecule has 0 aliphatic rings. The zero-order valence-electron chi connectivity index (χ0n) is 7.42. The minimum Gasteiger partial charge on any atom is -0.472 e. The van der Waals surface area contributed by atoms with E-state index in [1.807, 2.05) is 6.07 Å². The Kier molecular flexibility index (Phi) is 3.84. The summed E-state index contributed by atoms with van der Waals surface area (Å²) < 4.78 is 4.98. The molecular weight excluding hydrogens is 152 g/mol. The van der Waals surface area contributed by atoms with E-state index in [9.17, 15) is 0 Å². The van der Waals surface area contributed by atoms with Crippen LogP contribution in [0.2, 0.25) is 0 Å². The maximum Gasteiger partial charge on any atom is 0.0950 e. The molecule has 12 heavy (non-hydrogen) atoms. The van der Waals surface area contributed by atoms with Crippen molar-refractivity contribution < 1.29 is 4.42 Å². The number of rotatable bonds is 5. The van der Waals surface area contributed by atoms with Gasteiger partial charge in [-0.15, -0.1) is 0 Å². The van der Waals surface area contributed by atoms with E-state index in [-0.39, 0.29) is 6.04 Å². The average molecular weight is 168 g/mol. The minimum absolute atomic E-state index is 0.240. The molecule has 1 heterocycles. The van der Waals surface area contributed by atoms with Crippen LogP contribution in [0.25, 0.3) is 0 Å². The van der Waals surface area contributed by atoms with E-state index in [0.717, 1.165) is 18.5 Å². The van der Waals surface area contributed by atoms with Gasteiger partial charge < -0.3 is 15.5 Å². The van der Waals surface area contributed by atoms with Crippen LogP contribution in [0.15, 0.2) is 23.0 Å². The van der Waals surface area contributed by atoms with Crippen LogP contribution in [0.4, 0.5) is 0 Å². The normalized spacial score (nSPS) is 13.2. The summed E-state index contributed by atoms with van der Waals surface area (Å²) in [6, 6.07) is 2.18. The Hall–Kier alpha value is -0.800. The lowest BCUT2D eigenvalue weighted by molar-refractivity contribution is 0.520. The summed E-state index contributed by atoms with van der Waals surface area (Å²) in [6.07, 6.45) is 4.53. The van der Waals surface area contributed by atoms with E-state index in [0.29, 0.717) is 6.54 Å². The smallest absolute Gasteiger partial charge is 0.0950 e. The van der Waals surface area contributed by atoms with Gasteiger partial charge >= 0.3 is 0 Å². The Morgan fingerprint density at radius 1 is 1.67 bits per heavy atom. The first-order chi connectivity index (χ1) is 5.88. The van der Waals surface area contributed by atoms with Crippen LogP contribution in [0, 0.1) is 0 Å². The second-order valence-electron chi connectivity index (χ2n) is 2.80. The summed E-state index contributed by atoms with van der Waals surface area (Å²) in [4.78, 5) is 0. The van der Waals surface area contributed by atoms with Gasteiger partial charge in [-0.1, -0.05) is 6.92 Å². The second kappa shape index (κ2) is 4.95. The first-order valence-electron chi connectivity index (χ1n) is 4.34. The molecule has 3 N–H and O–H groups in total. The maximum atomic E-state index is 5.60. The van der Waals surface area contributed by atoms with Gasteiger partial charge in [-0.3, -0.25) is 0 Å². The van der Waals surface area contributed by atoms with Gasteiger partial charge in [-0.05, 0) is 19.0 Å².